The monoisotopic (exact) mass is 439 g/mol. The highest BCUT2D eigenvalue weighted by Crippen LogP contribution is 2.87. The van der Waals surface area contributed by atoms with Crippen LogP contribution in [0.4, 0.5) is 0 Å². The zero-order chi connectivity index (χ0) is 22.3. The van der Waals surface area contributed by atoms with Crippen LogP contribution in [0.5, 0.6) is 0 Å². The second-order valence-corrected chi connectivity index (χ2v) is 14.2. The van der Waals surface area contributed by atoms with E-state index >= 15 is 0 Å². The van der Waals surface area contributed by atoms with Crippen molar-refractivity contribution in [2.24, 2.45) is 45.8 Å². The van der Waals surface area contributed by atoms with Crippen LogP contribution in [0.3, 0.4) is 0 Å². The first kappa shape index (κ1) is 20.9. The molecule has 6 fully saturated rings. The first-order valence-corrected chi connectivity index (χ1v) is 13.9. The fourth-order valence-electron chi connectivity index (χ4n) is 11.7. The van der Waals surface area contributed by atoms with Gasteiger partial charge in [0.25, 0.3) is 0 Å². The van der Waals surface area contributed by atoms with Gasteiger partial charge < -0.3 is 14.7 Å². The number of ether oxygens (including phenoxy) is 1. The second-order valence-electron chi connectivity index (χ2n) is 14.2. The lowest BCUT2D eigenvalue weighted by atomic mass is 9.56. The first-order valence-electron chi connectivity index (χ1n) is 13.9. The molecule has 2 spiro atoms. The van der Waals surface area contributed by atoms with Gasteiger partial charge in [-0.05, 0) is 99.3 Å². The van der Waals surface area contributed by atoms with Crippen LogP contribution in [0.25, 0.3) is 0 Å². The molecule has 2 aliphatic heterocycles. The summed E-state index contributed by atoms with van der Waals surface area (Å²) in [7, 11) is 2.36. The van der Waals surface area contributed by atoms with Crippen molar-refractivity contribution in [3.05, 3.63) is 11.6 Å². The van der Waals surface area contributed by atoms with Gasteiger partial charge in [0, 0.05) is 23.9 Å². The molecule has 2 saturated heterocycles. The van der Waals surface area contributed by atoms with E-state index in [1.807, 2.05) is 0 Å². The molecule has 0 bridgehead atoms. The van der Waals surface area contributed by atoms with E-state index in [2.05, 4.69) is 45.7 Å². The van der Waals surface area contributed by atoms with E-state index in [4.69, 9.17) is 4.74 Å². The van der Waals surface area contributed by atoms with Crippen molar-refractivity contribution in [2.45, 2.75) is 109 Å². The third kappa shape index (κ3) is 2.22. The highest BCUT2D eigenvalue weighted by molar-refractivity contribution is 5.36. The average Bonchev–Trinajstić information content (AvgIpc) is 3.06. The number of nitrogens with zero attached hydrogens (tertiary/aromatic N) is 1. The van der Waals surface area contributed by atoms with Crippen molar-refractivity contribution in [1.29, 1.82) is 0 Å². The molecule has 3 nitrogen and oxygen atoms in total. The van der Waals surface area contributed by atoms with Crippen LogP contribution in [0.1, 0.15) is 85.5 Å². The molecule has 0 aromatic carbocycles. The van der Waals surface area contributed by atoms with Gasteiger partial charge >= 0.3 is 0 Å². The number of hydrogen-bond donors (Lipinski definition) is 1. The number of piperidine rings is 1. The minimum absolute atomic E-state index is 0.0994. The normalized spacial score (nSPS) is 63.1. The van der Waals surface area contributed by atoms with Crippen molar-refractivity contribution in [3.63, 3.8) is 0 Å². The molecule has 12 atom stereocenters. The standard InChI is InChI=1S/C29H45NO2/c1-17-12-24-25(30(5)15-17)18(2)29(32-24)11-9-22-21-7-6-19-13-20(31)8-10-26(19,3)23(21)14-28(22)16-27(28,29)4/h6,17-18,20-25,31H,7-16H2,1-5H3/t17-,18+,20-,21-,22-,23-,24+,25-,26-,27?,28?,29?/m0/s1. The fraction of sp³-hybridized carbons (Fsp3) is 0.931. The van der Waals surface area contributed by atoms with Gasteiger partial charge in [-0.2, -0.15) is 0 Å². The average molecular weight is 440 g/mol. The number of aliphatic hydroxyl groups excluding tert-OH is 1. The molecule has 0 aromatic rings. The predicted octanol–water partition coefficient (Wildman–Crippen LogP) is 5.42. The number of likely N-dealkylation sites (N-methyl/N-ethyl adjacent to an activating group) is 1. The maximum absolute atomic E-state index is 10.4. The molecule has 0 radical (unpaired) electrons. The van der Waals surface area contributed by atoms with Crippen LogP contribution < -0.4 is 0 Å². The fourth-order valence-corrected chi connectivity index (χ4v) is 11.7. The minimum atomic E-state index is -0.0994. The summed E-state index contributed by atoms with van der Waals surface area (Å²) in [6.07, 6.45) is 14.1. The molecule has 5 aliphatic carbocycles. The highest BCUT2D eigenvalue weighted by Gasteiger charge is 2.84. The summed E-state index contributed by atoms with van der Waals surface area (Å²) in [6.45, 7) is 11.4. The lowest BCUT2D eigenvalue weighted by Crippen LogP contribution is -2.53. The largest absolute Gasteiger partial charge is 0.393 e. The molecule has 0 aromatic heterocycles. The Morgan fingerprint density at radius 2 is 1.94 bits per heavy atom. The zero-order valence-electron chi connectivity index (χ0n) is 21.1. The smallest absolute Gasteiger partial charge is 0.0787 e. The third-order valence-corrected chi connectivity index (χ3v) is 13.1. The Hall–Kier alpha value is -0.380. The van der Waals surface area contributed by atoms with E-state index in [0.717, 1.165) is 36.5 Å². The molecular formula is C29H45NO2. The maximum Gasteiger partial charge on any atom is 0.0787 e. The molecule has 7 rings (SSSR count). The number of aliphatic hydroxyl groups is 1. The van der Waals surface area contributed by atoms with Crippen LogP contribution in [0, 0.1) is 45.8 Å². The van der Waals surface area contributed by atoms with Gasteiger partial charge in [0.2, 0.25) is 0 Å². The van der Waals surface area contributed by atoms with Gasteiger partial charge in [-0.3, -0.25) is 0 Å². The maximum atomic E-state index is 10.4. The molecule has 1 N–H and O–H groups in total. The molecular weight excluding hydrogens is 394 g/mol. The second kappa shape index (κ2) is 6.24. The van der Waals surface area contributed by atoms with Crippen molar-refractivity contribution < 1.29 is 9.84 Å². The van der Waals surface area contributed by atoms with Gasteiger partial charge in [-0.25, -0.2) is 0 Å². The summed E-state index contributed by atoms with van der Waals surface area (Å²) in [5, 5.41) is 10.4. The quantitative estimate of drug-likeness (QED) is 0.511. The summed E-state index contributed by atoms with van der Waals surface area (Å²) >= 11 is 0. The Labute approximate surface area is 195 Å². The minimum Gasteiger partial charge on any atom is -0.393 e. The van der Waals surface area contributed by atoms with Crippen molar-refractivity contribution >= 4 is 0 Å². The Morgan fingerprint density at radius 3 is 2.75 bits per heavy atom. The van der Waals surface area contributed by atoms with Gasteiger partial charge in [0.1, 0.15) is 0 Å². The first-order chi connectivity index (χ1) is 15.2. The van der Waals surface area contributed by atoms with Gasteiger partial charge in [0.15, 0.2) is 0 Å². The highest BCUT2D eigenvalue weighted by atomic mass is 16.5. The molecule has 32 heavy (non-hydrogen) atoms. The number of hydrogen-bond acceptors (Lipinski definition) is 3. The van der Waals surface area contributed by atoms with Gasteiger partial charge in [-0.1, -0.05) is 39.3 Å². The molecule has 0 amide bonds. The van der Waals surface area contributed by atoms with Crippen LogP contribution in [-0.2, 0) is 4.74 Å². The van der Waals surface area contributed by atoms with Gasteiger partial charge in [-0.15, -0.1) is 0 Å². The predicted molar refractivity (Wildman–Crippen MR) is 127 cm³/mol. The number of fused-ring (bicyclic) bond motifs is 6. The molecule has 4 saturated carbocycles. The summed E-state index contributed by atoms with van der Waals surface area (Å²) in [4.78, 5) is 2.65. The zero-order valence-corrected chi connectivity index (χ0v) is 21.1. The number of rotatable bonds is 0. The van der Waals surface area contributed by atoms with Crippen LogP contribution in [-0.4, -0.2) is 47.4 Å². The van der Waals surface area contributed by atoms with Crippen molar-refractivity contribution in [3.8, 4) is 0 Å². The topological polar surface area (TPSA) is 32.7 Å². The molecule has 3 heteroatoms. The molecule has 3 unspecified atom stereocenters. The lowest BCUT2D eigenvalue weighted by molar-refractivity contribution is -0.147. The molecule has 2 heterocycles. The lowest BCUT2D eigenvalue weighted by Gasteiger charge is -2.50. The SMILES string of the molecule is C[C@H]1C[C@H]2OC3(CC[C@H]4[C@@H]5CC=C6C[C@@H](O)CC[C@]6(C)[C@H]5CC45CC53C)[C@H](C)[C@@H]2N(C)C1. The van der Waals surface area contributed by atoms with Crippen LogP contribution in [0.15, 0.2) is 11.6 Å². The summed E-state index contributed by atoms with van der Waals surface area (Å²) < 4.78 is 7.32. The van der Waals surface area contributed by atoms with E-state index in [1.165, 1.54) is 51.5 Å². The number of allylic oxidation sites excluding steroid dienone is 1. The Balaban J connectivity index is 1.23. The summed E-state index contributed by atoms with van der Waals surface area (Å²) in [5.74, 6) is 4.01. The van der Waals surface area contributed by atoms with E-state index in [0.29, 0.717) is 34.3 Å². The van der Waals surface area contributed by atoms with Crippen LogP contribution in [0.2, 0.25) is 0 Å². The Morgan fingerprint density at radius 1 is 1.12 bits per heavy atom. The van der Waals surface area contributed by atoms with E-state index in [-0.39, 0.29) is 11.7 Å². The van der Waals surface area contributed by atoms with E-state index in [9.17, 15) is 5.11 Å². The van der Waals surface area contributed by atoms with E-state index in [1.54, 1.807) is 5.57 Å². The van der Waals surface area contributed by atoms with E-state index < -0.39 is 0 Å². The molecule has 7 aliphatic rings. The molecule has 178 valence electrons. The third-order valence-electron chi connectivity index (χ3n) is 13.1. The van der Waals surface area contributed by atoms with Crippen LogP contribution >= 0.6 is 0 Å². The number of likely N-dealkylation sites (tertiary alicyclic amines) is 1. The summed E-state index contributed by atoms with van der Waals surface area (Å²) in [5.41, 5.74) is 2.94. The van der Waals surface area contributed by atoms with Crippen molar-refractivity contribution in [1.82, 2.24) is 4.90 Å². The van der Waals surface area contributed by atoms with Gasteiger partial charge in [0.05, 0.1) is 17.8 Å². The van der Waals surface area contributed by atoms with Crippen molar-refractivity contribution in [2.75, 3.05) is 13.6 Å². The Kier molecular flexibility index (Phi) is 4.08. The Bertz CT molecular complexity index is 869. The summed E-state index contributed by atoms with van der Waals surface area (Å²) in [6, 6.07) is 0.617.